The van der Waals surface area contributed by atoms with E-state index in [-0.39, 0.29) is 11.3 Å². The van der Waals surface area contributed by atoms with Crippen LogP contribution >= 0.6 is 0 Å². The maximum Gasteiger partial charge on any atom is 0.241 e. The number of carbonyl (C=O) groups is 1. The first-order valence-corrected chi connectivity index (χ1v) is 11.0. The molecule has 1 amide bonds. The molecule has 3 aromatic carbocycles. The number of amides is 1. The van der Waals surface area contributed by atoms with Crippen LogP contribution in [0.5, 0.6) is 5.75 Å². The van der Waals surface area contributed by atoms with Gasteiger partial charge in [0, 0.05) is 11.1 Å². The van der Waals surface area contributed by atoms with Gasteiger partial charge in [0.2, 0.25) is 5.91 Å². The topological polar surface area (TPSA) is 41.6 Å². The Morgan fingerprint density at radius 1 is 1.03 bits per heavy atom. The van der Waals surface area contributed by atoms with Crippen molar-refractivity contribution in [1.82, 2.24) is 5.32 Å². The third-order valence-corrected chi connectivity index (χ3v) is 6.77. The van der Waals surface area contributed by atoms with Crippen molar-refractivity contribution in [2.75, 3.05) is 11.4 Å². The minimum absolute atomic E-state index is 0.0543. The highest BCUT2D eigenvalue weighted by molar-refractivity contribution is 5.91. The molecule has 1 atom stereocenters. The van der Waals surface area contributed by atoms with Crippen LogP contribution in [0.25, 0.3) is 6.08 Å². The normalized spacial score (nSPS) is 20.8. The SMILES string of the molecule is Cc1ccc2c(c1)C(C)(C)C1(C=Cc3ccc(OCc4ccccc4)cc3)NC(=O)CN21. The fourth-order valence-corrected chi connectivity index (χ4v) is 4.92. The van der Waals surface area contributed by atoms with Gasteiger partial charge in [0.1, 0.15) is 18.0 Å². The van der Waals surface area contributed by atoms with Crippen LogP contribution in [-0.2, 0) is 16.8 Å². The minimum atomic E-state index is -0.581. The smallest absolute Gasteiger partial charge is 0.241 e. The molecule has 32 heavy (non-hydrogen) atoms. The molecular formula is C28H28N2O2. The van der Waals surface area contributed by atoms with Gasteiger partial charge in [-0.05, 0) is 47.9 Å². The van der Waals surface area contributed by atoms with Crippen molar-refractivity contribution in [2.45, 2.75) is 38.5 Å². The molecule has 1 fully saturated rings. The fourth-order valence-electron chi connectivity index (χ4n) is 4.92. The van der Waals surface area contributed by atoms with E-state index in [1.54, 1.807) is 0 Å². The maximum absolute atomic E-state index is 12.5. The Morgan fingerprint density at radius 3 is 2.53 bits per heavy atom. The van der Waals surface area contributed by atoms with Gasteiger partial charge in [-0.2, -0.15) is 0 Å². The number of carbonyl (C=O) groups excluding carboxylic acids is 1. The van der Waals surface area contributed by atoms with Crippen LogP contribution in [0.1, 0.15) is 36.1 Å². The summed E-state index contributed by atoms with van der Waals surface area (Å²) < 4.78 is 5.90. The lowest BCUT2D eigenvalue weighted by molar-refractivity contribution is -0.118. The molecule has 3 aromatic rings. The van der Waals surface area contributed by atoms with Gasteiger partial charge in [0.05, 0.1) is 6.54 Å². The minimum Gasteiger partial charge on any atom is -0.489 e. The largest absolute Gasteiger partial charge is 0.489 e. The van der Waals surface area contributed by atoms with Gasteiger partial charge >= 0.3 is 0 Å². The summed E-state index contributed by atoms with van der Waals surface area (Å²) in [5, 5.41) is 3.28. The molecule has 2 aliphatic rings. The van der Waals surface area contributed by atoms with Gasteiger partial charge in [-0.1, -0.05) is 80.1 Å². The van der Waals surface area contributed by atoms with Crippen LogP contribution in [0.2, 0.25) is 0 Å². The number of anilines is 1. The lowest BCUT2D eigenvalue weighted by atomic mass is 9.75. The zero-order valence-electron chi connectivity index (χ0n) is 18.8. The van der Waals surface area contributed by atoms with Crippen molar-refractivity contribution in [3.8, 4) is 5.75 Å². The number of fused-ring (bicyclic) bond motifs is 3. The van der Waals surface area contributed by atoms with Gasteiger partial charge in [-0.25, -0.2) is 0 Å². The number of aryl methyl sites for hydroxylation is 1. The molecule has 0 spiro atoms. The van der Waals surface area contributed by atoms with Crippen LogP contribution in [0.4, 0.5) is 5.69 Å². The predicted molar refractivity (Wildman–Crippen MR) is 129 cm³/mol. The second kappa shape index (κ2) is 7.56. The Kier molecular flexibility index (Phi) is 4.81. The number of hydrogen-bond acceptors (Lipinski definition) is 3. The van der Waals surface area contributed by atoms with Gasteiger partial charge in [-0.3, -0.25) is 4.79 Å². The summed E-state index contributed by atoms with van der Waals surface area (Å²) in [6.07, 6.45) is 4.24. The molecule has 1 saturated heterocycles. The summed E-state index contributed by atoms with van der Waals surface area (Å²) in [5.74, 6) is 0.891. The monoisotopic (exact) mass is 424 g/mol. The van der Waals surface area contributed by atoms with Gasteiger partial charge in [-0.15, -0.1) is 0 Å². The second-order valence-corrected chi connectivity index (χ2v) is 9.22. The summed E-state index contributed by atoms with van der Waals surface area (Å²) in [6, 6.07) is 24.7. The Labute approximate surface area is 189 Å². The Bertz CT molecular complexity index is 1180. The summed E-state index contributed by atoms with van der Waals surface area (Å²) in [4.78, 5) is 14.7. The number of nitrogens with zero attached hydrogens (tertiary/aromatic N) is 1. The second-order valence-electron chi connectivity index (χ2n) is 9.22. The van der Waals surface area contributed by atoms with Crippen LogP contribution in [0, 0.1) is 6.92 Å². The van der Waals surface area contributed by atoms with Gasteiger partial charge in [0.15, 0.2) is 0 Å². The highest BCUT2D eigenvalue weighted by Crippen LogP contribution is 2.53. The molecule has 2 aliphatic heterocycles. The molecule has 0 bridgehead atoms. The molecule has 0 saturated carbocycles. The third-order valence-electron chi connectivity index (χ3n) is 6.77. The highest BCUT2D eigenvalue weighted by atomic mass is 16.5. The summed E-state index contributed by atoms with van der Waals surface area (Å²) >= 11 is 0. The molecule has 4 nitrogen and oxygen atoms in total. The van der Waals surface area contributed by atoms with E-state index in [9.17, 15) is 4.79 Å². The molecule has 2 heterocycles. The number of benzene rings is 3. The Balaban J connectivity index is 1.39. The van der Waals surface area contributed by atoms with E-state index in [2.05, 4.69) is 73.5 Å². The standard InChI is InChI=1S/C28H28N2O2/c1-20-9-14-25-24(17-20)27(2,3)28(29-26(31)18-30(25)28)16-15-21-10-12-23(13-11-21)32-19-22-7-5-4-6-8-22/h4-17H,18-19H2,1-3H3,(H,29,31). The van der Waals surface area contributed by atoms with Crippen molar-refractivity contribution in [1.29, 1.82) is 0 Å². The molecule has 4 heteroatoms. The first-order valence-electron chi connectivity index (χ1n) is 11.0. The van der Waals surface area contributed by atoms with Crippen LogP contribution < -0.4 is 15.0 Å². The van der Waals surface area contributed by atoms with E-state index in [4.69, 9.17) is 4.74 Å². The lowest BCUT2D eigenvalue weighted by Crippen LogP contribution is -2.58. The summed E-state index contributed by atoms with van der Waals surface area (Å²) in [6.45, 7) is 7.45. The quantitative estimate of drug-likeness (QED) is 0.611. The molecule has 0 radical (unpaired) electrons. The molecular weight excluding hydrogens is 396 g/mol. The van der Waals surface area contributed by atoms with E-state index in [1.165, 1.54) is 11.1 Å². The molecule has 1 N–H and O–H groups in total. The molecule has 162 valence electrons. The van der Waals surface area contributed by atoms with Crippen molar-refractivity contribution < 1.29 is 9.53 Å². The highest BCUT2D eigenvalue weighted by Gasteiger charge is 2.59. The number of rotatable bonds is 5. The zero-order valence-corrected chi connectivity index (χ0v) is 18.8. The molecule has 0 aromatic heterocycles. The van der Waals surface area contributed by atoms with Crippen molar-refractivity contribution >= 4 is 17.7 Å². The maximum atomic E-state index is 12.5. The van der Waals surface area contributed by atoms with E-state index >= 15 is 0 Å². The fraction of sp³-hybridized carbons (Fsp3) is 0.250. The number of nitrogens with one attached hydrogen (secondary N) is 1. The third kappa shape index (κ3) is 3.27. The van der Waals surface area contributed by atoms with Crippen LogP contribution in [0.15, 0.2) is 78.9 Å². The van der Waals surface area contributed by atoms with Crippen LogP contribution in [-0.4, -0.2) is 18.1 Å². The van der Waals surface area contributed by atoms with E-state index in [0.29, 0.717) is 13.2 Å². The average Bonchev–Trinajstić information content (AvgIpc) is 3.22. The summed E-state index contributed by atoms with van der Waals surface area (Å²) in [7, 11) is 0. The van der Waals surface area contributed by atoms with Crippen molar-refractivity contribution in [3.63, 3.8) is 0 Å². The zero-order chi connectivity index (χ0) is 22.3. The van der Waals surface area contributed by atoms with Gasteiger partial charge in [0.25, 0.3) is 0 Å². The van der Waals surface area contributed by atoms with E-state index in [1.807, 2.05) is 42.5 Å². The predicted octanol–water partition coefficient (Wildman–Crippen LogP) is 5.21. The summed E-state index contributed by atoms with van der Waals surface area (Å²) in [5.41, 5.74) is 4.99. The Hall–Kier alpha value is -3.53. The Morgan fingerprint density at radius 2 is 1.78 bits per heavy atom. The first kappa shape index (κ1) is 20.4. The van der Waals surface area contributed by atoms with Crippen LogP contribution in [0.3, 0.4) is 0 Å². The van der Waals surface area contributed by atoms with Gasteiger partial charge < -0.3 is 15.0 Å². The number of hydrogen-bond donors (Lipinski definition) is 1. The van der Waals surface area contributed by atoms with E-state index in [0.717, 1.165) is 22.6 Å². The lowest BCUT2D eigenvalue weighted by Gasteiger charge is -2.40. The molecule has 1 unspecified atom stereocenters. The molecule has 0 aliphatic carbocycles. The first-order chi connectivity index (χ1) is 15.4. The van der Waals surface area contributed by atoms with Crippen molar-refractivity contribution in [3.05, 3.63) is 101 Å². The number of ether oxygens (including phenoxy) is 1. The average molecular weight is 425 g/mol. The van der Waals surface area contributed by atoms with Crippen molar-refractivity contribution in [2.24, 2.45) is 0 Å². The molecule has 5 rings (SSSR count). The van der Waals surface area contributed by atoms with E-state index < -0.39 is 5.66 Å².